The van der Waals surface area contributed by atoms with Gasteiger partial charge in [-0.3, -0.25) is 0 Å². The lowest BCUT2D eigenvalue weighted by Crippen LogP contribution is -2.01. The Morgan fingerprint density at radius 3 is 1.67 bits per heavy atom. The zero-order chi connectivity index (χ0) is 19.1. The third-order valence-electron chi connectivity index (χ3n) is 2.51. The van der Waals surface area contributed by atoms with Gasteiger partial charge in [0, 0.05) is 6.20 Å². The summed E-state index contributed by atoms with van der Waals surface area (Å²) in [5.74, 6) is -1.85. The van der Waals surface area contributed by atoms with E-state index in [1.807, 2.05) is 34.6 Å². The standard InChI is InChI=1S/C8H8O2.C7H7NO2.2C2H6/c1-6-2-4-7(5-3-6)8(9)10;1-5-3-2-4-8-6(5)7(9)10;2*1-2/h2-5H,1H3,(H,9,10);2-4H,1H3,(H,9,10);2*1-2H3. The van der Waals surface area contributed by atoms with Crippen LogP contribution in [0.4, 0.5) is 0 Å². The van der Waals surface area contributed by atoms with Crippen LogP contribution >= 0.6 is 0 Å². The number of hydrogen-bond donors (Lipinski definition) is 2. The van der Waals surface area contributed by atoms with Crippen LogP contribution in [0.15, 0.2) is 42.6 Å². The molecule has 0 aliphatic rings. The van der Waals surface area contributed by atoms with E-state index in [1.54, 1.807) is 43.3 Å². The highest BCUT2D eigenvalue weighted by atomic mass is 16.4. The molecule has 0 atom stereocenters. The molecule has 0 unspecified atom stereocenters. The van der Waals surface area contributed by atoms with Crippen LogP contribution in [0.5, 0.6) is 0 Å². The molecule has 0 spiro atoms. The Kier molecular flexibility index (Phi) is 13.7. The van der Waals surface area contributed by atoms with E-state index in [0.29, 0.717) is 11.1 Å². The number of pyridine rings is 1. The Hall–Kier alpha value is -2.69. The molecule has 0 fully saturated rings. The molecule has 0 aliphatic carbocycles. The number of rotatable bonds is 2. The number of benzene rings is 1. The van der Waals surface area contributed by atoms with E-state index in [1.165, 1.54) is 6.20 Å². The monoisotopic (exact) mass is 333 g/mol. The van der Waals surface area contributed by atoms with Crippen molar-refractivity contribution in [2.45, 2.75) is 41.5 Å². The molecule has 5 heteroatoms. The van der Waals surface area contributed by atoms with Crippen LogP contribution in [0.1, 0.15) is 59.7 Å². The first-order valence-electron chi connectivity index (χ1n) is 7.86. The fourth-order valence-electron chi connectivity index (χ4n) is 1.41. The number of carboxylic acid groups (broad SMARTS) is 2. The SMILES string of the molecule is CC.CC.Cc1ccc(C(=O)O)cc1.Cc1cccnc1C(=O)O. The van der Waals surface area contributed by atoms with Crippen LogP contribution in [0.25, 0.3) is 0 Å². The number of aryl methyl sites for hydroxylation is 2. The van der Waals surface area contributed by atoms with E-state index in [0.717, 1.165) is 5.56 Å². The molecule has 1 aromatic carbocycles. The number of carbonyl (C=O) groups is 2. The van der Waals surface area contributed by atoms with E-state index in [2.05, 4.69) is 4.98 Å². The summed E-state index contributed by atoms with van der Waals surface area (Å²) in [7, 11) is 0. The van der Waals surface area contributed by atoms with Crippen molar-refractivity contribution >= 4 is 11.9 Å². The van der Waals surface area contributed by atoms with Crippen molar-refractivity contribution < 1.29 is 19.8 Å². The molecule has 0 aliphatic heterocycles. The van der Waals surface area contributed by atoms with Crippen molar-refractivity contribution in [3.05, 3.63) is 65.0 Å². The molecule has 2 rings (SSSR count). The second-order valence-electron chi connectivity index (χ2n) is 4.15. The third-order valence-corrected chi connectivity index (χ3v) is 2.51. The van der Waals surface area contributed by atoms with E-state index >= 15 is 0 Å². The number of carboxylic acids is 2. The number of nitrogens with zero attached hydrogens (tertiary/aromatic N) is 1. The van der Waals surface area contributed by atoms with Crippen molar-refractivity contribution in [2.75, 3.05) is 0 Å². The molecule has 1 aromatic heterocycles. The Morgan fingerprint density at radius 2 is 1.33 bits per heavy atom. The molecule has 2 aromatic rings. The van der Waals surface area contributed by atoms with E-state index < -0.39 is 11.9 Å². The number of hydrogen-bond acceptors (Lipinski definition) is 3. The summed E-state index contributed by atoms with van der Waals surface area (Å²) in [4.78, 5) is 24.3. The van der Waals surface area contributed by atoms with Gasteiger partial charge in [0.2, 0.25) is 0 Å². The second-order valence-corrected chi connectivity index (χ2v) is 4.15. The minimum absolute atomic E-state index is 0.127. The van der Waals surface area contributed by atoms with Crippen molar-refractivity contribution in [1.82, 2.24) is 4.98 Å². The molecule has 1 heterocycles. The van der Waals surface area contributed by atoms with Gasteiger partial charge in [0.25, 0.3) is 0 Å². The van der Waals surface area contributed by atoms with Gasteiger partial charge < -0.3 is 10.2 Å². The van der Waals surface area contributed by atoms with Crippen molar-refractivity contribution in [3.8, 4) is 0 Å². The molecule has 0 bridgehead atoms. The molecular weight excluding hydrogens is 306 g/mol. The van der Waals surface area contributed by atoms with Crippen LogP contribution in [0, 0.1) is 13.8 Å². The topological polar surface area (TPSA) is 87.5 Å². The van der Waals surface area contributed by atoms with Gasteiger partial charge in [-0.05, 0) is 37.6 Å². The summed E-state index contributed by atoms with van der Waals surface area (Å²) in [6.07, 6.45) is 1.47. The molecule has 2 N–H and O–H groups in total. The Morgan fingerprint density at radius 1 is 0.833 bits per heavy atom. The lowest BCUT2D eigenvalue weighted by molar-refractivity contribution is 0.0682. The van der Waals surface area contributed by atoms with Gasteiger partial charge in [0.15, 0.2) is 5.69 Å². The van der Waals surface area contributed by atoms with Gasteiger partial charge in [0.05, 0.1) is 5.56 Å². The van der Waals surface area contributed by atoms with Crippen molar-refractivity contribution in [2.24, 2.45) is 0 Å². The number of aromatic carboxylic acids is 2. The zero-order valence-corrected chi connectivity index (χ0v) is 15.2. The van der Waals surface area contributed by atoms with Crippen LogP contribution in [0.3, 0.4) is 0 Å². The zero-order valence-electron chi connectivity index (χ0n) is 15.2. The first-order chi connectivity index (χ1) is 11.4. The molecule has 132 valence electrons. The largest absolute Gasteiger partial charge is 0.478 e. The summed E-state index contributed by atoms with van der Waals surface area (Å²) in [5.41, 5.74) is 2.23. The first-order valence-corrected chi connectivity index (χ1v) is 7.86. The average Bonchev–Trinajstić information content (AvgIpc) is 2.59. The van der Waals surface area contributed by atoms with Crippen LogP contribution in [-0.4, -0.2) is 27.1 Å². The molecule has 0 radical (unpaired) electrons. The highest BCUT2D eigenvalue weighted by molar-refractivity contribution is 5.87. The average molecular weight is 333 g/mol. The van der Waals surface area contributed by atoms with Gasteiger partial charge >= 0.3 is 11.9 Å². The summed E-state index contributed by atoms with van der Waals surface area (Å²) in [6, 6.07) is 10.2. The molecule has 0 amide bonds. The van der Waals surface area contributed by atoms with E-state index in [-0.39, 0.29) is 5.69 Å². The first kappa shape index (κ1) is 23.6. The molecular formula is C19H27NO4. The lowest BCUT2D eigenvalue weighted by Gasteiger charge is -1.95. The minimum Gasteiger partial charge on any atom is -0.478 e. The summed E-state index contributed by atoms with van der Waals surface area (Å²) >= 11 is 0. The maximum absolute atomic E-state index is 10.4. The smallest absolute Gasteiger partial charge is 0.354 e. The Labute approximate surface area is 144 Å². The summed E-state index contributed by atoms with van der Waals surface area (Å²) in [6.45, 7) is 11.6. The maximum atomic E-state index is 10.4. The maximum Gasteiger partial charge on any atom is 0.354 e. The van der Waals surface area contributed by atoms with Crippen molar-refractivity contribution in [3.63, 3.8) is 0 Å². The third kappa shape index (κ3) is 9.35. The molecule has 0 saturated heterocycles. The fourth-order valence-corrected chi connectivity index (χ4v) is 1.41. The molecule has 24 heavy (non-hydrogen) atoms. The van der Waals surface area contributed by atoms with E-state index in [4.69, 9.17) is 10.2 Å². The summed E-state index contributed by atoms with van der Waals surface area (Å²) in [5, 5.41) is 17.0. The molecule has 0 saturated carbocycles. The van der Waals surface area contributed by atoms with Gasteiger partial charge in [-0.1, -0.05) is 51.5 Å². The number of aromatic nitrogens is 1. The summed E-state index contributed by atoms with van der Waals surface area (Å²) < 4.78 is 0. The van der Waals surface area contributed by atoms with Gasteiger partial charge in [0.1, 0.15) is 0 Å². The van der Waals surface area contributed by atoms with Crippen LogP contribution < -0.4 is 0 Å². The van der Waals surface area contributed by atoms with E-state index in [9.17, 15) is 9.59 Å². The predicted octanol–water partition coefficient (Wildman–Crippen LogP) is 4.83. The second kappa shape index (κ2) is 13.9. The van der Waals surface area contributed by atoms with Crippen molar-refractivity contribution in [1.29, 1.82) is 0 Å². The van der Waals surface area contributed by atoms with Gasteiger partial charge in [-0.25, -0.2) is 14.6 Å². The predicted molar refractivity (Wildman–Crippen MR) is 96.8 cm³/mol. The fraction of sp³-hybridized carbons (Fsp3) is 0.316. The molecule has 5 nitrogen and oxygen atoms in total. The Bertz CT molecular complexity index is 607. The highest BCUT2D eigenvalue weighted by Crippen LogP contribution is 2.02. The highest BCUT2D eigenvalue weighted by Gasteiger charge is 2.05. The van der Waals surface area contributed by atoms with Gasteiger partial charge in [-0.15, -0.1) is 0 Å². The Balaban J connectivity index is 0. The lowest BCUT2D eigenvalue weighted by atomic mass is 10.2. The quantitative estimate of drug-likeness (QED) is 0.821. The van der Waals surface area contributed by atoms with Gasteiger partial charge in [-0.2, -0.15) is 0 Å². The normalized spacial score (nSPS) is 8.25. The minimum atomic E-state index is -0.974. The van der Waals surface area contributed by atoms with Crippen LogP contribution in [-0.2, 0) is 0 Å². The van der Waals surface area contributed by atoms with Crippen LogP contribution in [0.2, 0.25) is 0 Å².